The molecule has 1 unspecified atom stereocenters. The molecule has 1 N–H and O–H groups in total. The van der Waals surface area contributed by atoms with Gasteiger partial charge in [-0.15, -0.1) is 11.8 Å². The minimum Gasteiger partial charge on any atom is -0.313 e. The molecule has 0 heterocycles. The molecule has 1 aromatic carbocycles. The molecule has 0 aliphatic heterocycles. The van der Waals surface area contributed by atoms with Crippen molar-refractivity contribution in [1.82, 2.24) is 10.2 Å². The van der Waals surface area contributed by atoms with E-state index in [9.17, 15) is 4.39 Å². The third-order valence-corrected chi connectivity index (χ3v) is 4.49. The van der Waals surface area contributed by atoms with Gasteiger partial charge in [-0.25, -0.2) is 4.39 Å². The van der Waals surface area contributed by atoms with Gasteiger partial charge in [0.25, 0.3) is 0 Å². The van der Waals surface area contributed by atoms with Crippen LogP contribution in [0, 0.1) is 5.82 Å². The average Bonchev–Trinajstić information content (AvgIpc) is 2.43. The van der Waals surface area contributed by atoms with Gasteiger partial charge >= 0.3 is 0 Å². The highest BCUT2D eigenvalue weighted by atomic mass is 32.2. The fourth-order valence-corrected chi connectivity index (χ4v) is 3.21. The van der Waals surface area contributed by atoms with E-state index in [4.69, 9.17) is 0 Å². The Balaban J connectivity index is 2.70. The molecule has 0 aliphatic rings. The number of nitrogens with one attached hydrogen (secondary N) is 1. The minimum atomic E-state index is -0.116. The van der Waals surface area contributed by atoms with Crippen molar-refractivity contribution in [2.75, 3.05) is 32.4 Å². The molecule has 0 spiro atoms. The van der Waals surface area contributed by atoms with Crippen LogP contribution in [0.4, 0.5) is 4.39 Å². The van der Waals surface area contributed by atoms with E-state index >= 15 is 0 Å². The van der Waals surface area contributed by atoms with Crippen LogP contribution < -0.4 is 5.32 Å². The van der Waals surface area contributed by atoms with E-state index in [1.807, 2.05) is 20.0 Å². The van der Waals surface area contributed by atoms with Crippen LogP contribution in [-0.4, -0.2) is 37.3 Å². The van der Waals surface area contributed by atoms with Crippen LogP contribution in [-0.2, 0) is 0 Å². The van der Waals surface area contributed by atoms with E-state index in [0.717, 1.165) is 35.8 Å². The number of hydrogen-bond donors (Lipinski definition) is 1. The fourth-order valence-electron chi connectivity index (χ4n) is 2.03. The van der Waals surface area contributed by atoms with Crippen molar-refractivity contribution in [3.05, 3.63) is 29.6 Å². The Labute approximate surface area is 120 Å². The molecule has 108 valence electrons. The lowest BCUT2D eigenvalue weighted by Gasteiger charge is -2.19. The van der Waals surface area contributed by atoms with Gasteiger partial charge in [-0.1, -0.05) is 19.9 Å². The maximum absolute atomic E-state index is 13.9. The molecule has 0 saturated carbocycles. The summed E-state index contributed by atoms with van der Waals surface area (Å²) in [4.78, 5) is 3.43. The molecule has 0 fully saturated rings. The highest BCUT2D eigenvalue weighted by Crippen LogP contribution is 2.29. The van der Waals surface area contributed by atoms with Crippen LogP contribution in [0.1, 0.15) is 32.4 Å². The topological polar surface area (TPSA) is 15.3 Å². The van der Waals surface area contributed by atoms with E-state index in [1.54, 1.807) is 17.8 Å². The van der Waals surface area contributed by atoms with Gasteiger partial charge in [0.05, 0.1) is 0 Å². The molecule has 1 aromatic rings. The molecule has 1 rings (SSSR count). The highest BCUT2D eigenvalue weighted by Gasteiger charge is 2.14. The molecular weight excluding hydrogens is 259 g/mol. The van der Waals surface area contributed by atoms with Crippen molar-refractivity contribution in [1.29, 1.82) is 0 Å². The first-order valence-electron chi connectivity index (χ1n) is 6.94. The van der Waals surface area contributed by atoms with E-state index in [-0.39, 0.29) is 11.9 Å². The highest BCUT2D eigenvalue weighted by molar-refractivity contribution is 7.99. The average molecular weight is 284 g/mol. The minimum absolute atomic E-state index is 0.0390. The fraction of sp³-hybridized carbons (Fsp3) is 0.600. The number of hydrogen-bond acceptors (Lipinski definition) is 3. The van der Waals surface area contributed by atoms with Gasteiger partial charge in [-0.2, -0.15) is 0 Å². The summed E-state index contributed by atoms with van der Waals surface area (Å²) in [6.07, 6.45) is 0. The Kier molecular flexibility index (Phi) is 7.42. The number of benzene rings is 1. The maximum Gasteiger partial charge on any atom is 0.129 e. The molecule has 19 heavy (non-hydrogen) atoms. The second kappa shape index (κ2) is 8.56. The molecule has 0 bridgehead atoms. The van der Waals surface area contributed by atoms with E-state index < -0.39 is 0 Å². The first-order chi connectivity index (χ1) is 9.13. The number of halogens is 1. The second-order valence-corrected chi connectivity index (χ2v) is 5.67. The summed E-state index contributed by atoms with van der Waals surface area (Å²) < 4.78 is 13.9. The quantitative estimate of drug-likeness (QED) is 0.735. The van der Waals surface area contributed by atoms with Gasteiger partial charge in [-0.05, 0) is 39.2 Å². The van der Waals surface area contributed by atoms with Gasteiger partial charge in [0.15, 0.2) is 0 Å². The normalized spacial score (nSPS) is 12.9. The lowest BCUT2D eigenvalue weighted by Crippen LogP contribution is -2.25. The van der Waals surface area contributed by atoms with E-state index in [0.29, 0.717) is 0 Å². The molecule has 1 atom stereocenters. The zero-order valence-electron chi connectivity index (χ0n) is 12.4. The monoisotopic (exact) mass is 284 g/mol. The predicted octanol–water partition coefficient (Wildman–Crippen LogP) is 3.54. The summed E-state index contributed by atoms with van der Waals surface area (Å²) >= 11 is 1.74. The predicted molar refractivity (Wildman–Crippen MR) is 82.4 cm³/mol. The Morgan fingerprint density at radius 3 is 2.58 bits per heavy atom. The van der Waals surface area contributed by atoms with Crippen molar-refractivity contribution in [2.24, 2.45) is 0 Å². The third-order valence-electron chi connectivity index (χ3n) is 3.44. The summed E-state index contributed by atoms with van der Waals surface area (Å²) in [5.41, 5.74) is 0.787. The third kappa shape index (κ3) is 4.79. The largest absolute Gasteiger partial charge is 0.313 e. The molecule has 0 aliphatic carbocycles. The second-order valence-electron chi connectivity index (χ2n) is 4.54. The van der Waals surface area contributed by atoms with Crippen molar-refractivity contribution in [3.63, 3.8) is 0 Å². The zero-order chi connectivity index (χ0) is 14.3. The summed E-state index contributed by atoms with van der Waals surface area (Å²) in [5.74, 6) is 0.879. The number of thioether (sulfide) groups is 1. The van der Waals surface area contributed by atoms with Crippen LogP contribution >= 0.6 is 11.8 Å². The van der Waals surface area contributed by atoms with Crippen LogP contribution in [0.25, 0.3) is 0 Å². The van der Waals surface area contributed by atoms with Crippen LogP contribution in [0.2, 0.25) is 0 Å². The SMILES string of the molecule is CCN(CC)CCSc1cccc(F)c1C(C)NC. The Morgan fingerprint density at radius 1 is 1.32 bits per heavy atom. The molecule has 0 amide bonds. The lowest BCUT2D eigenvalue weighted by molar-refractivity contribution is 0.324. The Morgan fingerprint density at radius 2 is 2.00 bits per heavy atom. The Hall–Kier alpha value is -0.580. The van der Waals surface area contributed by atoms with Crippen molar-refractivity contribution in [2.45, 2.75) is 31.7 Å². The molecule has 2 nitrogen and oxygen atoms in total. The first kappa shape index (κ1) is 16.5. The van der Waals surface area contributed by atoms with Gasteiger partial charge in [0, 0.05) is 28.8 Å². The molecule has 0 saturated heterocycles. The summed E-state index contributed by atoms with van der Waals surface area (Å²) in [7, 11) is 1.86. The van der Waals surface area contributed by atoms with Gasteiger partial charge < -0.3 is 10.2 Å². The van der Waals surface area contributed by atoms with E-state index in [2.05, 4.69) is 24.1 Å². The van der Waals surface area contributed by atoms with Gasteiger partial charge in [-0.3, -0.25) is 0 Å². The Bertz CT molecular complexity index is 380. The number of rotatable bonds is 8. The van der Waals surface area contributed by atoms with Crippen LogP contribution in [0.3, 0.4) is 0 Å². The first-order valence-corrected chi connectivity index (χ1v) is 7.93. The van der Waals surface area contributed by atoms with E-state index in [1.165, 1.54) is 6.07 Å². The zero-order valence-corrected chi connectivity index (χ0v) is 13.2. The standard InChI is InChI=1S/C15H25FN2S/c1-5-18(6-2)10-11-19-14-9-7-8-13(16)15(14)12(3)17-4/h7-9,12,17H,5-6,10-11H2,1-4H3. The van der Waals surface area contributed by atoms with Crippen molar-refractivity contribution < 1.29 is 4.39 Å². The molecule has 4 heteroatoms. The van der Waals surface area contributed by atoms with Gasteiger partial charge in [0.1, 0.15) is 5.82 Å². The summed E-state index contributed by atoms with van der Waals surface area (Å²) in [5, 5.41) is 3.12. The van der Waals surface area contributed by atoms with Crippen LogP contribution in [0.15, 0.2) is 23.1 Å². The van der Waals surface area contributed by atoms with Crippen LogP contribution in [0.5, 0.6) is 0 Å². The smallest absolute Gasteiger partial charge is 0.129 e. The molecular formula is C15H25FN2S. The lowest BCUT2D eigenvalue weighted by atomic mass is 10.1. The summed E-state index contributed by atoms with van der Waals surface area (Å²) in [6, 6.07) is 5.38. The van der Waals surface area contributed by atoms with Gasteiger partial charge in [0.2, 0.25) is 0 Å². The molecule has 0 radical (unpaired) electrons. The maximum atomic E-state index is 13.9. The number of nitrogens with zero attached hydrogens (tertiary/aromatic N) is 1. The van der Waals surface area contributed by atoms with Crippen molar-refractivity contribution in [3.8, 4) is 0 Å². The molecule has 0 aromatic heterocycles. The van der Waals surface area contributed by atoms with Crippen molar-refractivity contribution >= 4 is 11.8 Å². The summed E-state index contributed by atoms with van der Waals surface area (Å²) in [6.45, 7) is 9.52.